The van der Waals surface area contributed by atoms with Crippen LogP contribution in [-0.4, -0.2) is 19.0 Å². The van der Waals surface area contributed by atoms with Crippen LogP contribution < -0.4 is 0 Å². The van der Waals surface area contributed by atoms with Crippen molar-refractivity contribution in [2.45, 2.75) is 95.8 Å². The monoisotopic (exact) mass is 601 g/mol. The second-order valence-corrected chi connectivity index (χ2v) is 13.0. The SMILES string of the molecule is CC(C)C1CCCC[SiH2]1.CC(C)C1CCCC[SiH2]1.Cl.Cl.[C-]1=CC=CC1.[Hf]. The predicted octanol–water partition coefficient (Wildman–Crippen LogP) is 6.55. The van der Waals surface area contributed by atoms with Gasteiger partial charge in [0.05, 0.1) is 0 Å². The summed E-state index contributed by atoms with van der Waals surface area (Å²) < 4.78 is 0. The van der Waals surface area contributed by atoms with Gasteiger partial charge in [-0.1, -0.05) is 78.3 Å². The maximum Gasteiger partial charge on any atom is 0.0235 e. The maximum absolute atomic E-state index is 2.99. The first-order valence-corrected chi connectivity index (χ1v) is 14.0. The summed E-state index contributed by atoms with van der Waals surface area (Å²) in [5.41, 5.74) is 2.39. The molecular formula is C21H43Cl2HfSi2-. The van der Waals surface area contributed by atoms with Crippen molar-refractivity contribution in [1.29, 1.82) is 0 Å². The van der Waals surface area contributed by atoms with Gasteiger partial charge in [-0.3, -0.25) is 6.08 Å². The average Bonchev–Trinajstić information content (AvgIpc) is 3.17. The first kappa shape index (κ1) is 32.0. The van der Waals surface area contributed by atoms with E-state index in [0.717, 1.165) is 18.3 Å². The van der Waals surface area contributed by atoms with Crippen LogP contribution in [0.1, 0.15) is 72.6 Å². The molecular weight excluding hydrogens is 558 g/mol. The van der Waals surface area contributed by atoms with E-state index in [4.69, 9.17) is 0 Å². The minimum Gasteiger partial charge on any atom is -0.273 e. The van der Waals surface area contributed by atoms with E-state index in [1.165, 1.54) is 23.9 Å². The molecule has 0 N–H and O–H groups in total. The van der Waals surface area contributed by atoms with Crippen LogP contribution in [0.25, 0.3) is 0 Å². The van der Waals surface area contributed by atoms with E-state index < -0.39 is 0 Å². The molecule has 0 aromatic heterocycles. The molecule has 2 aliphatic heterocycles. The van der Waals surface area contributed by atoms with Gasteiger partial charge in [0.2, 0.25) is 0 Å². The molecule has 3 aliphatic rings. The Labute approximate surface area is 200 Å². The fraction of sp³-hybridized carbons (Fsp3) is 0.810. The van der Waals surface area contributed by atoms with Gasteiger partial charge in [-0.15, -0.1) is 31.2 Å². The zero-order valence-electron chi connectivity index (χ0n) is 17.6. The van der Waals surface area contributed by atoms with Crippen molar-refractivity contribution in [1.82, 2.24) is 0 Å². The van der Waals surface area contributed by atoms with E-state index in [1.807, 2.05) is 12.2 Å². The maximum atomic E-state index is 2.99. The molecule has 1 aliphatic carbocycles. The third-order valence-corrected chi connectivity index (χ3v) is 11.8. The molecule has 0 aromatic carbocycles. The smallest absolute Gasteiger partial charge is 0.0235 e. The summed E-state index contributed by atoms with van der Waals surface area (Å²) in [6, 6.07) is 3.26. The molecule has 0 aromatic rings. The largest absolute Gasteiger partial charge is 0.273 e. The molecule has 3 rings (SSSR count). The Morgan fingerprint density at radius 3 is 1.42 bits per heavy atom. The number of hydrogen-bond acceptors (Lipinski definition) is 0. The molecule has 154 valence electrons. The zero-order valence-corrected chi connectivity index (χ0v) is 25.7. The van der Waals surface area contributed by atoms with Gasteiger partial charge < -0.3 is 0 Å². The third kappa shape index (κ3) is 16.3. The van der Waals surface area contributed by atoms with Gasteiger partial charge in [-0.2, -0.15) is 6.08 Å². The van der Waals surface area contributed by atoms with E-state index in [0.29, 0.717) is 19.0 Å². The summed E-state index contributed by atoms with van der Waals surface area (Å²) in [6.45, 7) is 9.57. The quantitative estimate of drug-likeness (QED) is 0.249. The molecule has 2 unspecified atom stereocenters. The Balaban J connectivity index is -0.000000298. The van der Waals surface area contributed by atoms with E-state index in [1.54, 1.807) is 37.8 Å². The molecule has 5 heteroatoms. The van der Waals surface area contributed by atoms with Crippen molar-refractivity contribution in [3.63, 3.8) is 0 Å². The van der Waals surface area contributed by atoms with Gasteiger partial charge in [0.15, 0.2) is 0 Å². The first-order chi connectivity index (χ1) is 11.1. The summed E-state index contributed by atoms with van der Waals surface area (Å²) in [5.74, 6) is 1.99. The standard InChI is InChI=1S/2C8H18Si.C5H5.2ClH.Hf/c2*1-7(2)8-5-3-4-6-9-8;1-2-4-5-3-1;;;/h2*7-8H,3-6,9H2,1-2H3;1-3H,4H2;2*1H;/q;;-1;;;. The topological polar surface area (TPSA) is 0 Å². The normalized spacial score (nSPS) is 25.3. The van der Waals surface area contributed by atoms with Gasteiger partial charge in [-0.25, -0.2) is 12.2 Å². The molecule has 0 saturated carbocycles. The van der Waals surface area contributed by atoms with Crippen LogP contribution in [0.4, 0.5) is 0 Å². The van der Waals surface area contributed by atoms with E-state index >= 15 is 0 Å². The van der Waals surface area contributed by atoms with Crippen LogP contribution in [0, 0.1) is 17.9 Å². The van der Waals surface area contributed by atoms with Crippen LogP contribution >= 0.6 is 24.8 Å². The van der Waals surface area contributed by atoms with Crippen LogP contribution in [-0.2, 0) is 25.8 Å². The Bertz CT molecular complexity index is 303. The number of rotatable bonds is 2. The van der Waals surface area contributed by atoms with Crippen LogP contribution in [0.2, 0.25) is 23.2 Å². The first-order valence-electron chi connectivity index (χ1n) is 10.3. The van der Waals surface area contributed by atoms with Crippen molar-refractivity contribution in [3.8, 4) is 0 Å². The van der Waals surface area contributed by atoms with Crippen molar-refractivity contribution in [2.24, 2.45) is 11.8 Å². The fourth-order valence-corrected chi connectivity index (χ4v) is 8.76. The third-order valence-electron chi connectivity index (χ3n) is 5.77. The van der Waals surface area contributed by atoms with Crippen molar-refractivity contribution in [3.05, 3.63) is 24.3 Å². The number of allylic oxidation sites excluding steroid dienone is 4. The van der Waals surface area contributed by atoms with Crippen LogP contribution in [0.3, 0.4) is 0 Å². The molecule has 0 amide bonds. The van der Waals surface area contributed by atoms with Gasteiger partial charge >= 0.3 is 0 Å². The second-order valence-electron chi connectivity index (χ2n) is 8.29. The van der Waals surface area contributed by atoms with E-state index in [2.05, 4.69) is 39.8 Å². The van der Waals surface area contributed by atoms with Crippen LogP contribution in [0.5, 0.6) is 0 Å². The summed E-state index contributed by atoms with van der Waals surface area (Å²) >= 11 is 0. The molecule has 2 fully saturated rings. The van der Waals surface area contributed by atoms with Crippen molar-refractivity contribution in [2.75, 3.05) is 0 Å². The summed E-state index contributed by atoms with van der Waals surface area (Å²) in [6.07, 6.45) is 19.3. The molecule has 2 saturated heterocycles. The fourth-order valence-electron chi connectivity index (χ4n) is 3.94. The summed E-state index contributed by atoms with van der Waals surface area (Å²) in [4.78, 5) is 0. The molecule has 2 heterocycles. The minimum absolute atomic E-state index is 0. The van der Waals surface area contributed by atoms with E-state index in [-0.39, 0.29) is 50.7 Å². The molecule has 0 spiro atoms. The van der Waals surface area contributed by atoms with Gasteiger partial charge in [0.25, 0.3) is 0 Å². The number of hydrogen-bond donors (Lipinski definition) is 0. The molecule has 0 radical (unpaired) electrons. The Hall–Kier alpha value is 1.36. The van der Waals surface area contributed by atoms with Gasteiger partial charge in [0, 0.05) is 44.9 Å². The Kier molecular flexibility index (Phi) is 26.0. The predicted molar refractivity (Wildman–Crippen MR) is 128 cm³/mol. The number of halogens is 2. The summed E-state index contributed by atoms with van der Waals surface area (Å²) in [7, 11) is 0.750. The van der Waals surface area contributed by atoms with Crippen molar-refractivity contribution >= 4 is 43.9 Å². The van der Waals surface area contributed by atoms with Gasteiger partial charge in [0.1, 0.15) is 0 Å². The molecule has 26 heavy (non-hydrogen) atoms. The Morgan fingerprint density at radius 2 is 1.27 bits per heavy atom. The molecule has 2 atom stereocenters. The minimum atomic E-state index is 0. The molecule has 0 nitrogen and oxygen atoms in total. The van der Waals surface area contributed by atoms with Gasteiger partial charge in [-0.05, 0) is 22.9 Å². The molecule has 0 bridgehead atoms. The van der Waals surface area contributed by atoms with Crippen LogP contribution in [0.15, 0.2) is 18.2 Å². The summed E-state index contributed by atoms with van der Waals surface area (Å²) in [5, 5.41) is 0. The average molecular weight is 601 g/mol. The zero-order chi connectivity index (χ0) is 16.9. The van der Waals surface area contributed by atoms with E-state index in [9.17, 15) is 0 Å². The second kappa shape index (κ2) is 21.1. The Morgan fingerprint density at radius 1 is 0.808 bits per heavy atom. The van der Waals surface area contributed by atoms with Crippen molar-refractivity contribution < 1.29 is 25.8 Å².